The van der Waals surface area contributed by atoms with E-state index >= 15 is 0 Å². The van der Waals surface area contributed by atoms with Gasteiger partial charge in [-0.15, -0.1) is 0 Å². The Labute approximate surface area is 141 Å². The van der Waals surface area contributed by atoms with Gasteiger partial charge in [0.15, 0.2) is 5.78 Å². The molecule has 0 aliphatic rings. The number of hydrogen-bond donors (Lipinski definition) is 1. The quantitative estimate of drug-likeness (QED) is 0.436. The molecule has 2 aromatic rings. The molecule has 1 amide bonds. The predicted octanol–water partition coefficient (Wildman–Crippen LogP) is 3.30. The number of Topliss-reactive ketones (excluding diaryl/α,β-unsaturated/α-hetero) is 1. The second-order valence-corrected chi connectivity index (χ2v) is 5.33. The molecule has 1 N–H and O–H groups in total. The van der Waals surface area contributed by atoms with Crippen molar-refractivity contribution in [2.75, 3.05) is 6.61 Å². The molecule has 0 saturated heterocycles. The van der Waals surface area contributed by atoms with E-state index in [4.69, 9.17) is 9.57 Å². The Bertz CT molecular complexity index is 653. The summed E-state index contributed by atoms with van der Waals surface area (Å²) in [6.45, 7) is 2.28. The van der Waals surface area contributed by atoms with Crippen LogP contribution in [0.15, 0.2) is 54.6 Å². The largest absolute Gasteiger partial charge is 0.494 e. The normalized spacial score (nSPS) is 10.2. The highest BCUT2D eigenvalue weighted by Crippen LogP contribution is 2.13. The van der Waals surface area contributed by atoms with Crippen molar-refractivity contribution in [3.05, 3.63) is 65.7 Å². The van der Waals surface area contributed by atoms with Gasteiger partial charge in [0.25, 0.3) is 0 Å². The van der Waals surface area contributed by atoms with Gasteiger partial charge in [-0.05, 0) is 43.2 Å². The number of carbonyl (C=O) groups excluding carboxylic acids is 2. The molecule has 0 aromatic heterocycles. The van der Waals surface area contributed by atoms with Gasteiger partial charge in [-0.2, -0.15) is 0 Å². The maximum Gasteiger partial charge on any atom is 0.243 e. The highest BCUT2D eigenvalue weighted by Gasteiger charge is 2.03. The van der Waals surface area contributed by atoms with Gasteiger partial charge in [0.2, 0.25) is 5.91 Å². The average Bonchev–Trinajstić information content (AvgIpc) is 2.60. The first-order chi connectivity index (χ1) is 11.6. The van der Waals surface area contributed by atoms with Crippen LogP contribution in [0.25, 0.3) is 0 Å². The van der Waals surface area contributed by atoms with Crippen molar-refractivity contribution in [2.45, 2.75) is 26.4 Å². The van der Waals surface area contributed by atoms with E-state index in [0.717, 1.165) is 5.56 Å². The Hall–Kier alpha value is -2.66. The first kappa shape index (κ1) is 17.7. The summed E-state index contributed by atoms with van der Waals surface area (Å²) in [6.07, 6.45) is 0.898. The molecule has 0 aliphatic carbocycles. The van der Waals surface area contributed by atoms with E-state index in [1.165, 1.54) is 6.92 Å². The number of hydrogen-bond acceptors (Lipinski definition) is 4. The van der Waals surface area contributed by atoms with E-state index in [2.05, 4.69) is 5.48 Å². The molecule has 0 heterocycles. The van der Waals surface area contributed by atoms with Crippen LogP contribution in [-0.4, -0.2) is 18.3 Å². The molecule has 0 saturated carbocycles. The van der Waals surface area contributed by atoms with Crippen molar-refractivity contribution in [1.82, 2.24) is 5.48 Å². The Kier molecular flexibility index (Phi) is 6.98. The molecule has 126 valence electrons. The van der Waals surface area contributed by atoms with Crippen LogP contribution >= 0.6 is 0 Å². The number of hydroxylamine groups is 1. The monoisotopic (exact) mass is 327 g/mol. The van der Waals surface area contributed by atoms with Gasteiger partial charge in [0.1, 0.15) is 5.75 Å². The van der Waals surface area contributed by atoms with Crippen molar-refractivity contribution in [1.29, 1.82) is 0 Å². The third-order valence-electron chi connectivity index (χ3n) is 3.35. The van der Waals surface area contributed by atoms with Gasteiger partial charge in [0, 0.05) is 12.0 Å². The summed E-state index contributed by atoms with van der Waals surface area (Å²) >= 11 is 0. The average molecular weight is 327 g/mol. The van der Waals surface area contributed by atoms with E-state index in [1.807, 2.05) is 30.3 Å². The SMILES string of the molecule is CC(=O)c1ccc(OCCCC(=O)NOCc2ccccc2)cc1. The molecular formula is C19H21NO4. The molecule has 0 bridgehead atoms. The first-order valence-electron chi connectivity index (χ1n) is 7.83. The second-order valence-electron chi connectivity index (χ2n) is 5.33. The van der Waals surface area contributed by atoms with Crippen LogP contribution in [0.1, 0.15) is 35.7 Å². The van der Waals surface area contributed by atoms with Gasteiger partial charge < -0.3 is 4.74 Å². The van der Waals surface area contributed by atoms with Crippen molar-refractivity contribution >= 4 is 11.7 Å². The minimum absolute atomic E-state index is 0.0220. The van der Waals surface area contributed by atoms with E-state index in [1.54, 1.807) is 24.3 Å². The standard InChI is InChI=1S/C19H21NO4/c1-15(21)17-9-11-18(12-10-17)23-13-5-8-19(22)20-24-14-16-6-3-2-4-7-16/h2-4,6-7,9-12H,5,8,13-14H2,1H3,(H,20,22). The molecule has 24 heavy (non-hydrogen) atoms. The number of benzene rings is 2. The van der Waals surface area contributed by atoms with E-state index < -0.39 is 0 Å². The summed E-state index contributed by atoms with van der Waals surface area (Å²) in [5.74, 6) is 0.524. The Morgan fingerprint density at radius 1 is 1.00 bits per heavy atom. The van der Waals surface area contributed by atoms with Crippen molar-refractivity contribution in [3.8, 4) is 5.75 Å². The third-order valence-corrected chi connectivity index (χ3v) is 3.35. The van der Waals surface area contributed by atoms with Crippen LogP contribution in [-0.2, 0) is 16.2 Å². The summed E-state index contributed by atoms with van der Waals surface area (Å²) in [5, 5.41) is 0. The van der Waals surface area contributed by atoms with Crippen LogP contribution in [0, 0.1) is 0 Å². The minimum atomic E-state index is -0.179. The van der Waals surface area contributed by atoms with Crippen molar-refractivity contribution in [3.63, 3.8) is 0 Å². The lowest BCUT2D eigenvalue weighted by molar-refractivity contribution is -0.134. The van der Waals surface area contributed by atoms with E-state index in [-0.39, 0.29) is 11.7 Å². The Morgan fingerprint density at radius 3 is 2.38 bits per heavy atom. The molecule has 2 aromatic carbocycles. The van der Waals surface area contributed by atoms with E-state index in [0.29, 0.717) is 37.4 Å². The second kappa shape index (κ2) is 9.47. The first-order valence-corrected chi connectivity index (χ1v) is 7.83. The zero-order valence-electron chi connectivity index (χ0n) is 13.7. The summed E-state index contributed by atoms with van der Waals surface area (Å²) in [6, 6.07) is 16.6. The zero-order chi connectivity index (χ0) is 17.2. The Morgan fingerprint density at radius 2 is 1.71 bits per heavy atom. The summed E-state index contributed by atoms with van der Waals surface area (Å²) < 4.78 is 5.53. The number of nitrogens with one attached hydrogen (secondary N) is 1. The Balaban J connectivity index is 1.58. The van der Waals surface area contributed by atoms with Gasteiger partial charge in [0.05, 0.1) is 13.2 Å². The lowest BCUT2D eigenvalue weighted by Crippen LogP contribution is -2.23. The number of ketones is 1. The molecule has 0 aliphatic heterocycles. The van der Waals surface area contributed by atoms with E-state index in [9.17, 15) is 9.59 Å². The van der Waals surface area contributed by atoms with Crippen LogP contribution in [0.5, 0.6) is 5.75 Å². The van der Waals surface area contributed by atoms with Crippen LogP contribution < -0.4 is 10.2 Å². The fourth-order valence-corrected chi connectivity index (χ4v) is 2.03. The molecule has 0 radical (unpaired) electrons. The third kappa shape index (κ3) is 6.22. The maximum absolute atomic E-state index is 11.6. The lowest BCUT2D eigenvalue weighted by Gasteiger charge is -2.08. The maximum atomic E-state index is 11.6. The summed E-state index contributed by atoms with van der Waals surface area (Å²) in [7, 11) is 0. The highest BCUT2D eigenvalue weighted by molar-refractivity contribution is 5.94. The van der Waals surface area contributed by atoms with Crippen LogP contribution in [0.3, 0.4) is 0 Å². The van der Waals surface area contributed by atoms with Gasteiger partial charge in [-0.1, -0.05) is 30.3 Å². The molecule has 0 spiro atoms. The van der Waals surface area contributed by atoms with Crippen LogP contribution in [0.4, 0.5) is 0 Å². The molecule has 0 atom stereocenters. The fourth-order valence-electron chi connectivity index (χ4n) is 2.03. The van der Waals surface area contributed by atoms with Gasteiger partial charge >= 0.3 is 0 Å². The number of ether oxygens (including phenoxy) is 1. The van der Waals surface area contributed by atoms with Crippen LogP contribution in [0.2, 0.25) is 0 Å². The molecular weight excluding hydrogens is 306 g/mol. The van der Waals surface area contributed by atoms with Gasteiger partial charge in [-0.25, -0.2) is 5.48 Å². The minimum Gasteiger partial charge on any atom is -0.494 e. The molecule has 5 nitrogen and oxygen atoms in total. The molecule has 0 fully saturated rings. The summed E-state index contributed by atoms with van der Waals surface area (Å²) in [5.41, 5.74) is 4.06. The zero-order valence-corrected chi connectivity index (χ0v) is 13.7. The number of rotatable bonds is 9. The fraction of sp³-hybridized carbons (Fsp3) is 0.263. The van der Waals surface area contributed by atoms with Gasteiger partial charge in [-0.3, -0.25) is 14.4 Å². The highest BCUT2D eigenvalue weighted by atomic mass is 16.6. The number of carbonyl (C=O) groups is 2. The number of amides is 1. The lowest BCUT2D eigenvalue weighted by atomic mass is 10.1. The molecule has 0 unspecified atom stereocenters. The predicted molar refractivity (Wildman–Crippen MR) is 90.5 cm³/mol. The molecule has 2 rings (SSSR count). The smallest absolute Gasteiger partial charge is 0.243 e. The van der Waals surface area contributed by atoms with Crippen molar-refractivity contribution < 1.29 is 19.2 Å². The summed E-state index contributed by atoms with van der Waals surface area (Å²) in [4.78, 5) is 28.0. The van der Waals surface area contributed by atoms with Crippen molar-refractivity contribution in [2.24, 2.45) is 0 Å². The topological polar surface area (TPSA) is 64.6 Å². The molecule has 5 heteroatoms.